The van der Waals surface area contributed by atoms with E-state index in [1.54, 1.807) is 16.4 Å². The van der Waals surface area contributed by atoms with Crippen molar-refractivity contribution < 1.29 is 8.42 Å². The van der Waals surface area contributed by atoms with Crippen LogP contribution in [0.2, 0.25) is 0 Å². The first kappa shape index (κ1) is 15.8. The minimum absolute atomic E-state index is 0.221. The molecule has 1 aromatic rings. The second kappa shape index (κ2) is 6.47. The molecule has 4 nitrogen and oxygen atoms in total. The van der Waals surface area contributed by atoms with E-state index < -0.39 is 10.0 Å². The first-order valence-corrected chi connectivity index (χ1v) is 9.33. The van der Waals surface area contributed by atoms with Crippen LogP contribution in [0.3, 0.4) is 0 Å². The van der Waals surface area contributed by atoms with Gasteiger partial charge in [0.15, 0.2) is 0 Å². The highest BCUT2D eigenvalue weighted by Crippen LogP contribution is 2.25. The van der Waals surface area contributed by atoms with Crippen LogP contribution in [0.1, 0.15) is 25.5 Å². The molecule has 2 atom stereocenters. The molecule has 1 aromatic carbocycles. The Morgan fingerprint density at radius 3 is 2.55 bits per heavy atom. The van der Waals surface area contributed by atoms with Gasteiger partial charge >= 0.3 is 0 Å². The van der Waals surface area contributed by atoms with Crippen molar-refractivity contribution in [3.63, 3.8) is 0 Å². The van der Waals surface area contributed by atoms with E-state index in [0.29, 0.717) is 23.2 Å². The summed E-state index contributed by atoms with van der Waals surface area (Å²) in [5.41, 5.74) is 1.09. The number of nitrogens with one attached hydrogen (secondary N) is 1. The Balaban J connectivity index is 2.21. The largest absolute Gasteiger partial charge is 0.313 e. The van der Waals surface area contributed by atoms with Crippen LogP contribution >= 0.6 is 11.8 Å². The second-order valence-corrected chi connectivity index (χ2v) is 8.61. The molecule has 6 heteroatoms. The molecule has 1 N–H and O–H groups in total. The van der Waals surface area contributed by atoms with E-state index in [0.717, 1.165) is 11.3 Å². The van der Waals surface area contributed by atoms with Gasteiger partial charge in [-0.05, 0) is 31.7 Å². The van der Waals surface area contributed by atoms with Gasteiger partial charge in [0.25, 0.3) is 0 Å². The fraction of sp³-hybridized carbons (Fsp3) is 0.571. The fourth-order valence-corrected chi connectivity index (χ4v) is 5.00. The molecule has 0 aromatic heterocycles. The number of hydrogen-bond donors (Lipinski definition) is 1. The first-order valence-electron chi connectivity index (χ1n) is 6.84. The van der Waals surface area contributed by atoms with Crippen LogP contribution < -0.4 is 5.32 Å². The topological polar surface area (TPSA) is 49.4 Å². The van der Waals surface area contributed by atoms with Gasteiger partial charge in [-0.15, -0.1) is 0 Å². The quantitative estimate of drug-likeness (QED) is 0.924. The van der Waals surface area contributed by atoms with Crippen LogP contribution in [0.4, 0.5) is 0 Å². The summed E-state index contributed by atoms with van der Waals surface area (Å²) in [5, 5.41) is 3.51. The van der Waals surface area contributed by atoms with Crippen molar-refractivity contribution >= 4 is 21.8 Å². The molecule has 0 spiro atoms. The summed E-state index contributed by atoms with van der Waals surface area (Å²) in [4.78, 5) is 0.392. The maximum atomic E-state index is 12.6. The zero-order chi connectivity index (χ0) is 14.8. The minimum Gasteiger partial charge on any atom is -0.313 e. The zero-order valence-electron chi connectivity index (χ0n) is 12.2. The molecule has 2 rings (SSSR count). The number of benzene rings is 1. The standard InChI is InChI=1S/C14H22N2O2S2/c1-11-10-16(8-9-19-11)20(17,18)14-6-4-13(5-7-14)12(2)15-3/h4-7,11-12,15H,8-10H2,1-3H3. The van der Waals surface area contributed by atoms with Crippen molar-refractivity contribution in [2.24, 2.45) is 0 Å². The molecule has 0 saturated carbocycles. The van der Waals surface area contributed by atoms with Crippen LogP contribution in [0.5, 0.6) is 0 Å². The molecule has 0 aliphatic carbocycles. The summed E-state index contributed by atoms with van der Waals surface area (Å²) in [6.07, 6.45) is 0. The van der Waals surface area contributed by atoms with Crippen LogP contribution in [-0.4, -0.2) is 43.9 Å². The van der Waals surface area contributed by atoms with Crippen molar-refractivity contribution in [3.05, 3.63) is 29.8 Å². The van der Waals surface area contributed by atoms with E-state index in [2.05, 4.69) is 12.2 Å². The van der Waals surface area contributed by atoms with E-state index in [1.807, 2.05) is 37.9 Å². The summed E-state index contributed by atoms with van der Waals surface area (Å²) >= 11 is 1.83. The summed E-state index contributed by atoms with van der Waals surface area (Å²) in [6.45, 7) is 5.32. The number of hydrogen-bond acceptors (Lipinski definition) is 4. The van der Waals surface area contributed by atoms with Crippen LogP contribution in [0.15, 0.2) is 29.2 Å². The van der Waals surface area contributed by atoms with Gasteiger partial charge in [0.05, 0.1) is 4.90 Å². The van der Waals surface area contributed by atoms with Gasteiger partial charge in [0.2, 0.25) is 10.0 Å². The van der Waals surface area contributed by atoms with Gasteiger partial charge < -0.3 is 5.32 Å². The molecule has 1 fully saturated rings. The molecule has 0 radical (unpaired) electrons. The van der Waals surface area contributed by atoms with Crippen molar-refractivity contribution in [2.75, 3.05) is 25.9 Å². The number of thioether (sulfide) groups is 1. The highest BCUT2D eigenvalue weighted by Gasteiger charge is 2.28. The molecule has 0 amide bonds. The molecule has 1 saturated heterocycles. The van der Waals surface area contributed by atoms with E-state index in [-0.39, 0.29) is 6.04 Å². The van der Waals surface area contributed by atoms with Gasteiger partial charge in [-0.1, -0.05) is 19.1 Å². The Bertz CT molecular complexity index is 543. The molecule has 2 unspecified atom stereocenters. The Hall–Kier alpha value is -0.560. The van der Waals surface area contributed by atoms with Gasteiger partial charge in [-0.3, -0.25) is 0 Å². The van der Waals surface area contributed by atoms with Crippen molar-refractivity contribution in [2.45, 2.75) is 30.0 Å². The third-order valence-corrected chi connectivity index (χ3v) is 6.67. The number of rotatable bonds is 4. The lowest BCUT2D eigenvalue weighted by molar-refractivity contribution is 0.424. The lowest BCUT2D eigenvalue weighted by Crippen LogP contribution is -2.40. The van der Waals surface area contributed by atoms with E-state index in [1.165, 1.54) is 0 Å². The predicted octanol–water partition coefficient (Wildman–Crippen LogP) is 2.09. The summed E-state index contributed by atoms with van der Waals surface area (Å²) in [7, 11) is -1.45. The maximum absolute atomic E-state index is 12.6. The second-order valence-electron chi connectivity index (χ2n) is 5.12. The summed E-state index contributed by atoms with van der Waals surface area (Å²) in [6, 6.07) is 7.42. The maximum Gasteiger partial charge on any atom is 0.243 e. The molecule has 20 heavy (non-hydrogen) atoms. The van der Waals surface area contributed by atoms with Crippen molar-refractivity contribution in [1.82, 2.24) is 9.62 Å². The monoisotopic (exact) mass is 314 g/mol. The molecule has 1 aliphatic heterocycles. The third-order valence-electron chi connectivity index (χ3n) is 3.65. The number of sulfonamides is 1. The summed E-state index contributed by atoms with van der Waals surface area (Å²) in [5.74, 6) is 0.870. The Kier molecular flexibility index (Phi) is 5.12. The lowest BCUT2D eigenvalue weighted by atomic mass is 10.1. The molecule has 1 aliphatic rings. The molecule has 1 heterocycles. The molecular weight excluding hydrogens is 292 g/mol. The normalized spacial score (nSPS) is 22.6. The van der Waals surface area contributed by atoms with Crippen molar-refractivity contribution in [1.29, 1.82) is 0 Å². The average molecular weight is 314 g/mol. The highest BCUT2D eigenvalue weighted by molar-refractivity contribution is 8.00. The highest BCUT2D eigenvalue weighted by atomic mass is 32.2. The predicted molar refractivity (Wildman–Crippen MR) is 84.6 cm³/mol. The van der Waals surface area contributed by atoms with E-state index in [9.17, 15) is 8.42 Å². The van der Waals surface area contributed by atoms with E-state index in [4.69, 9.17) is 0 Å². The molecule has 0 bridgehead atoms. The Labute approximate surface area is 126 Å². The van der Waals surface area contributed by atoms with E-state index >= 15 is 0 Å². The number of nitrogens with zero attached hydrogens (tertiary/aromatic N) is 1. The molecular formula is C14H22N2O2S2. The van der Waals surface area contributed by atoms with Gasteiger partial charge in [0, 0.05) is 30.1 Å². The summed E-state index contributed by atoms with van der Waals surface area (Å²) < 4.78 is 26.8. The van der Waals surface area contributed by atoms with Gasteiger partial charge in [-0.2, -0.15) is 16.1 Å². The fourth-order valence-electron chi connectivity index (χ4n) is 2.25. The van der Waals surface area contributed by atoms with Gasteiger partial charge in [0.1, 0.15) is 0 Å². The third kappa shape index (κ3) is 3.36. The average Bonchev–Trinajstić information content (AvgIpc) is 2.46. The van der Waals surface area contributed by atoms with Crippen LogP contribution in [0, 0.1) is 0 Å². The first-order chi connectivity index (χ1) is 9.45. The van der Waals surface area contributed by atoms with Crippen molar-refractivity contribution in [3.8, 4) is 0 Å². The Morgan fingerprint density at radius 2 is 2.00 bits per heavy atom. The van der Waals surface area contributed by atoms with Gasteiger partial charge in [-0.25, -0.2) is 8.42 Å². The smallest absolute Gasteiger partial charge is 0.243 e. The minimum atomic E-state index is -3.34. The molecule has 112 valence electrons. The lowest BCUT2D eigenvalue weighted by Gasteiger charge is -2.29. The Morgan fingerprint density at radius 1 is 1.35 bits per heavy atom. The zero-order valence-corrected chi connectivity index (χ0v) is 13.8. The van der Waals surface area contributed by atoms with Crippen LogP contribution in [-0.2, 0) is 10.0 Å². The SMILES string of the molecule is CNC(C)c1ccc(S(=O)(=O)N2CCSC(C)C2)cc1. The van der Waals surface area contributed by atoms with Crippen LogP contribution in [0.25, 0.3) is 0 Å².